The van der Waals surface area contributed by atoms with E-state index in [1.807, 2.05) is 26.0 Å². The van der Waals surface area contributed by atoms with Crippen LogP contribution in [0.15, 0.2) is 53.7 Å². The van der Waals surface area contributed by atoms with Gasteiger partial charge in [-0.05, 0) is 72.8 Å². The van der Waals surface area contributed by atoms with Crippen molar-refractivity contribution < 1.29 is 32.5 Å². The molecule has 0 radical (unpaired) electrons. The van der Waals surface area contributed by atoms with Crippen molar-refractivity contribution in [2.24, 2.45) is 5.16 Å². The van der Waals surface area contributed by atoms with Gasteiger partial charge in [0.1, 0.15) is 0 Å². The van der Waals surface area contributed by atoms with Crippen LogP contribution < -0.4 is 10.8 Å². The quantitative estimate of drug-likeness (QED) is 0.253. The predicted molar refractivity (Wildman–Crippen MR) is 152 cm³/mol. The molecule has 0 saturated carbocycles. The van der Waals surface area contributed by atoms with E-state index in [1.54, 1.807) is 19.1 Å². The Hall–Kier alpha value is -2.76. The number of nitrogens with one attached hydrogen (secondary N) is 1. The van der Waals surface area contributed by atoms with Crippen molar-refractivity contribution in [3.05, 3.63) is 97.0 Å². The van der Waals surface area contributed by atoms with Gasteiger partial charge in [-0.15, -0.1) is 0 Å². The fraction of sp³-hybridized carbons (Fsp3) is 0.286. The lowest BCUT2D eigenvalue weighted by molar-refractivity contribution is -0.275. The average Bonchev–Trinajstić information content (AvgIpc) is 3.45. The highest BCUT2D eigenvalue weighted by Gasteiger charge is 2.62. The molecule has 0 bridgehead atoms. The maximum absolute atomic E-state index is 14.4. The van der Waals surface area contributed by atoms with Crippen LogP contribution in [0, 0.1) is 6.92 Å². The molecule has 41 heavy (non-hydrogen) atoms. The van der Waals surface area contributed by atoms with Gasteiger partial charge in [0.2, 0.25) is 0 Å². The van der Waals surface area contributed by atoms with Crippen molar-refractivity contribution in [2.45, 2.75) is 51.1 Å². The molecule has 13 heteroatoms. The van der Waals surface area contributed by atoms with Gasteiger partial charge in [-0.25, -0.2) is 0 Å². The summed E-state index contributed by atoms with van der Waals surface area (Å²) >= 11 is 17.9. The highest BCUT2D eigenvalue weighted by atomic mass is 35.5. The SMILES string of the molecule is Cc1cc(C2=NO[C@@](c3cc(Cl)c(Cl)c(Cl)c3)(C(F)(F)F)C2)ccc1C(=O)NCc1ccc2c(c1)B(O)OC2(C)C. The van der Waals surface area contributed by atoms with Crippen LogP contribution in [-0.2, 0) is 27.2 Å². The Morgan fingerprint density at radius 1 is 1.10 bits per heavy atom. The summed E-state index contributed by atoms with van der Waals surface area (Å²) in [7, 11) is -1.04. The van der Waals surface area contributed by atoms with Gasteiger partial charge in [0.25, 0.3) is 11.5 Å². The van der Waals surface area contributed by atoms with Crippen LogP contribution in [0.3, 0.4) is 0 Å². The summed E-state index contributed by atoms with van der Waals surface area (Å²) in [5, 5.41) is 16.5. The van der Waals surface area contributed by atoms with E-state index in [-0.39, 0.29) is 38.8 Å². The molecule has 2 aliphatic heterocycles. The molecule has 0 aliphatic carbocycles. The number of aryl methyl sites for hydroxylation is 1. The van der Waals surface area contributed by atoms with Gasteiger partial charge >= 0.3 is 13.3 Å². The number of nitrogens with zero attached hydrogens (tertiary/aromatic N) is 1. The van der Waals surface area contributed by atoms with Gasteiger partial charge in [0.15, 0.2) is 0 Å². The molecule has 0 aromatic heterocycles. The average molecular weight is 626 g/mol. The predicted octanol–water partition coefficient (Wildman–Crippen LogP) is 6.42. The number of carbonyl (C=O) groups is 1. The van der Waals surface area contributed by atoms with E-state index in [9.17, 15) is 23.0 Å². The number of benzene rings is 3. The molecule has 2 N–H and O–H groups in total. The smallest absolute Gasteiger partial charge is 0.423 e. The molecule has 3 aromatic carbocycles. The Labute approximate surface area is 249 Å². The Balaban J connectivity index is 1.32. The Morgan fingerprint density at radius 3 is 2.41 bits per heavy atom. The third-order valence-electron chi connectivity index (χ3n) is 7.33. The van der Waals surface area contributed by atoms with Gasteiger partial charge in [0.05, 0.1) is 26.4 Å². The molecule has 1 amide bonds. The van der Waals surface area contributed by atoms with Crippen LogP contribution in [0.4, 0.5) is 13.2 Å². The first kappa shape index (κ1) is 29.7. The lowest BCUT2D eigenvalue weighted by atomic mass is 9.77. The largest absolute Gasteiger partial charge is 0.492 e. The molecule has 0 saturated heterocycles. The normalized spacial score (nSPS) is 19.6. The number of alkyl halides is 3. The van der Waals surface area contributed by atoms with Gasteiger partial charge in [-0.2, -0.15) is 13.2 Å². The van der Waals surface area contributed by atoms with E-state index in [0.29, 0.717) is 22.2 Å². The highest BCUT2D eigenvalue weighted by molar-refractivity contribution is 6.62. The minimum Gasteiger partial charge on any atom is -0.423 e. The van der Waals surface area contributed by atoms with E-state index in [4.69, 9.17) is 44.3 Å². The number of oxime groups is 1. The zero-order chi connectivity index (χ0) is 29.9. The summed E-state index contributed by atoms with van der Waals surface area (Å²) in [5.41, 5.74) is -0.163. The fourth-order valence-electron chi connectivity index (χ4n) is 5.10. The Morgan fingerprint density at radius 2 is 1.78 bits per heavy atom. The monoisotopic (exact) mass is 624 g/mol. The van der Waals surface area contributed by atoms with Crippen LogP contribution in [-0.4, -0.2) is 29.9 Å². The first-order valence-electron chi connectivity index (χ1n) is 12.5. The lowest BCUT2D eigenvalue weighted by Crippen LogP contribution is -2.42. The second-order valence-electron chi connectivity index (χ2n) is 10.5. The van der Waals surface area contributed by atoms with Gasteiger partial charge in [0, 0.05) is 24.1 Å². The summed E-state index contributed by atoms with van der Waals surface area (Å²) in [4.78, 5) is 18.0. The molecule has 2 aliphatic rings. The minimum absolute atomic E-state index is 0.0430. The number of rotatable bonds is 5. The number of hydrogen-bond donors (Lipinski definition) is 2. The molecule has 2 heterocycles. The third-order valence-corrected chi connectivity index (χ3v) is 8.53. The fourth-order valence-corrected chi connectivity index (χ4v) is 5.70. The van der Waals surface area contributed by atoms with Crippen LogP contribution in [0.1, 0.15) is 58.4 Å². The molecular formula is C28H23BCl3F3N2O4. The maximum Gasteiger partial charge on any atom is 0.492 e. The van der Waals surface area contributed by atoms with Crippen molar-refractivity contribution in [3.63, 3.8) is 0 Å². The summed E-state index contributed by atoms with van der Waals surface area (Å²) < 4.78 is 48.7. The van der Waals surface area contributed by atoms with Crippen molar-refractivity contribution in [1.82, 2.24) is 5.32 Å². The van der Waals surface area contributed by atoms with Crippen LogP contribution >= 0.6 is 34.8 Å². The van der Waals surface area contributed by atoms with Gasteiger partial charge in [-0.1, -0.05) is 64.2 Å². The molecular weight excluding hydrogens is 602 g/mol. The highest BCUT2D eigenvalue weighted by Crippen LogP contribution is 2.50. The molecule has 0 fully saturated rings. The number of fused-ring (bicyclic) bond motifs is 1. The zero-order valence-corrected chi connectivity index (χ0v) is 24.3. The summed E-state index contributed by atoms with van der Waals surface area (Å²) in [6.07, 6.45) is -5.50. The van der Waals surface area contributed by atoms with Gasteiger partial charge < -0.3 is 19.8 Å². The summed E-state index contributed by atoms with van der Waals surface area (Å²) in [6.45, 7) is 5.60. The Kier molecular flexibility index (Phi) is 7.62. The van der Waals surface area contributed by atoms with Gasteiger partial charge in [-0.3, -0.25) is 4.79 Å². The Bertz CT molecular complexity index is 1580. The zero-order valence-electron chi connectivity index (χ0n) is 22.0. The van der Waals surface area contributed by atoms with E-state index in [1.165, 1.54) is 12.1 Å². The third kappa shape index (κ3) is 5.32. The van der Waals surface area contributed by atoms with E-state index in [2.05, 4.69) is 10.5 Å². The molecule has 0 unspecified atom stereocenters. The van der Waals surface area contributed by atoms with Crippen LogP contribution in [0.25, 0.3) is 0 Å². The number of carbonyl (C=O) groups excluding carboxylic acids is 1. The number of halogens is 6. The van der Waals surface area contributed by atoms with Crippen molar-refractivity contribution >= 4 is 59.0 Å². The van der Waals surface area contributed by atoms with E-state index >= 15 is 0 Å². The second kappa shape index (κ2) is 10.5. The first-order valence-corrected chi connectivity index (χ1v) is 13.6. The number of amides is 1. The number of hydrogen-bond acceptors (Lipinski definition) is 5. The molecule has 1 atom stereocenters. The van der Waals surface area contributed by atoms with Crippen molar-refractivity contribution in [3.8, 4) is 0 Å². The lowest BCUT2D eigenvalue weighted by Gasteiger charge is -2.30. The molecule has 3 aromatic rings. The maximum atomic E-state index is 14.4. The van der Waals surface area contributed by atoms with E-state index in [0.717, 1.165) is 23.3 Å². The topological polar surface area (TPSA) is 80.2 Å². The molecule has 0 spiro atoms. The van der Waals surface area contributed by atoms with Crippen molar-refractivity contribution in [2.75, 3.05) is 0 Å². The molecule has 6 nitrogen and oxygen atoms in total. The minimum atomic E-state index is -4.86. The molecule has 5 rings (SSSR count). The molecule has 214 valence electrons. The van der Waals surface area contributed by atoms with Crippen LogP contribution in [0.5, 0.6) is 0 Å². The standard InChI is InChI=1S/C28H23BCl3F3N2O4/c1-14-8-16(23-12-27(41-37-23,28(33,34)35)17-10-21(30)24(32)22(31)11-17)5-6-18(14)25(38)36-13-15-4-7-19-20(9-15)29(39)40-26(19,2)3/h4-11,39H,12-13H2,1-3H3,(H,36,38)/t27-/m0/s1. The second-order valence-corrected chi connectivity index (χ2v) is 11.7. The van der Waals surface area contributed by atoms with Crippen molar-refractivity contribution in [1.29, 1.82) is 0 Å². The van der Waals surface area contributed by atoms with Crippen LogP contribution in [0.2, 0.25) is 15.1 Å². The summed E-state index contributed by atoms with van der Waals surface area (Å²) in [6, 6.07) is 12.3. The first-order chi connectivity index (χ1) is 19.1. The summed E-state index contributed by atoms with van der Waals surface area (Å²) in [5.74, 6) is -0.369. The van der Waals surface area contributed by atoms with E-state index < -0.39 is 30.9 Å².